The molecule has 0 unspecified atom stereocenters. The van der Waals surface area contributed by atoms with E-state index in [2.05, 4.69) is 0 Å². The van der Waals surface area contributed by atoms with Gasteiger partial charge in [-0.25, -0.2) is 4.79 Å². The highest BCUT2D eigenvalue weighted by Gasteiger charge is 2.12. The summed E-state index contributed by atoms with van der Waals surface area (Å²) in [7, 11) is 1.60. The maximum Gasteiger partial charge on any atom is 0.328 e. The zero-order chi connectivity index (χ0) is 12.8. The van der Waals surface area contributed by atoms with Crippen molar-refractivity contribution in [3.8, 4) is 5.75 Å². The Labute approximate surface area is 102 Å². The molecular formula is C14H18O3. The van der Waals surface area contributed by atoms with Crippen LogP contribution in [0.5, 0.6) is 5.75 Å². The number of carbonyl (C=O) groups is 1. The molecule has 0 saturated heterocycles. The van der Waals surface area contributed by atoms with Gasteiger partial charge in [0.15, 0.2) is 0 Å². The molecule has 0 heterocycles. The highest BCUT2D eigenvalue weighted by atomic mass is 16.5. The molecule has 0 fully saturated rings. The van der Waals surface area contributed by atoms with E-state index in [0.29, 0.717) is 0 Å². The Morgan fingerprint density at radius 3 is 2.71 bits per heavy atom. The lowest BCUT2D eigenvalue weighted by atomic mass is 9.95. The van der Waals surface area contributed by atoms with E-state index in [1.807, 2.05) is 32.0 Å². The molecular weight excluding hydrogens is 216 g/mol. The molecule has 17 heavy (non-hydrogen) atoms. The molecule has 0 aliphatic heterocycles. The predicted octanol–water partition coefficient (Wildman–Crippen LogP) is 3.27. The number of aliphatic carboxylic acids is 1. The summed E-state index contributed by atoms with van der Waals surface area (Å²) in [5.41, 5.74) is 2.75. The van der Waals surface area contributed by atoms with Gasteiger partial charge in [0.25, 0.3) is 0 Å². The van der Waals surface area contributed by atoms with Crippen LogP contribution in [-0.4, -0.2) is 18.2 Å². The highest BCUT2D eigenvalue weighted by molar-refractivity contribution is 5.91. The van der Waals surface area contributed by atoms with E-state index >= 15 is 0 Å². The van der Waals surface area contributed by atoms with Gasteiger partial charge in [-0.3, -0.25) is 0 Å². The van der Waals surface area contributed by atoms with Crippen LogP contribution in [0.25, 0.3) is 5.57 Å². The third-order valence-electron chi connectivity index (χ3n) is 2.59. The molecule has 0 bridgehead atoms. The van der Waals surface area contributed by atoms with Crippen LogP contribution >= 0.6 is 0 Å². The van der Waals surface area contributed by atoms with Crippen LogP contribution in [0.1, 0.15) is 30.9 Å². The van der Waals surface area contributed by atoms with Gasteiger partial charge in [0.1, 0.15) is 5.75 Å². The fourth-order valence-electron chi connectivity index (χ4n) is 1.91. The van der Waals surface area contributed by atoms with Crippen LogP contribution in [0.3, 0.4) is 0 Å². The molecule has 0 amide bonds. The minimum Gasteiger partial charge on any atom is -0.496 e. The molecule has 0 spiro atoms. The second-order valence-electron chi connectivity index (χ2n) is 3.91. The van der Waals surface area contributed by atoms with Crippen molar-refractivity contribution >= 4 is 11.5 Å². The first kappa shape index (κ1) is 13.3. The van der Waals surface area contributed by atoms with Crippen molar-refractivity contribution in [1.29, 1.82) is 0 Å². The van der Waals surface area contributed by atoms with Crippen LogP contribution in [0.2, 0.25) is 0 Å². The van der Waals surface area contributed by atoms with Gasteiger partial charge in [-0.15, -0.1) is 0 Å². The molecule has 0 aliphatic carbocycles. The number of hydrogen-bond donors (Lipinski definition) is 1. The average molecular weight is 234 g/mol. The van der Waals surface area contributed by atoms with Crippen LogP contribution < -0.4 is 4.74 Å². The Bertz CT molecular complexity index is 433. The summed E-state index contributed by atoms with van der Waals surface area (Å²) < 4.78 is 5.30. The number of aryl methyl sites for hydroxylation is 1. The zero-order valence-electron chi connectivity index (χ0n) is 10.5. The molecule has 1 N–H and O–H groups in total. The minimum atomic E-state index is -0.918. The second-order valence-corrected chi connectivity index (χ2v) is 3.91. The molecule has 0 saturated carbocycles. The first-order chi connectivity index (χ1) is 8.10. The Hall–Kier alpha value is -1.77. The third-order valence-corrected chi connectivity index (χ3v) is 2.59. The molecule has 3 nitrogen and oxygen atoms in total. The smallest absolute Gasteiger partial charge is 0.328 e. The van der Waals surface area contributed by atoms with Crippen LogP contribution in [0.4, 0.5) is 0 Å². The molecule has 0 aliphatic rings. The minimum absolute atomic E-state index is 0.728. The Morgan fingerprint density at radius 2 is 2.18 bits per heavy atom. The van der Waals surface area contributed by atoms with Crippen LogP contribution in [0, 0.1) is 6.92 Å². The summed E-state index contributed by atoms with van der Waals surface area (Å²) in [5.74, 6) is -0.190. The molecule has 0 atom stereocenters. The normalized spacial score (nSPS) is 11.4. The predicted molar refractivity (Wildman–Crippen MR) is 68.3 cm³/mol. The number of allylic oxidation sites excluding steroid dienone is 1. The second kappa shape index (κ2) is 6.09. The lowest BCUT2D eigenvalue weighted by Crippen LogP contribution is -1.98. The number of carboxylic acids is 1. The van der Waals surface area contributed by atoms with Crippen molar-refractivity contribution in [3.63, 3.8) is 0 Å². The van der Waals surface area contributed by atoms with Crippen LogP contribution in [-0.2, 0) is 4.79 Å². The first-order valence-corrected chi connectivity index (χ1v) is 5.67. The molecule has 1 aromatic rings. The monoisotopic (exact) mass is 234 g/mol. The topological polar surface area (TPSA) is 46.5 Å². The Balaban J connectivity index is 3.31. The van der Waals surface area contributed by atoms with Gasteiger partial charge >= 0.3 is 5.97 Å². The summed E-state index contributed by atoms with van der Waals surface area (Å²) >= 11 is 0. The largest absolute Gasteiger partial charge is 0.496 e. The van der Waals surface area contributed by atoms with E-state index < -0.39 is 5.97 Å². The van der Waals surface area contributed by atoms with E-state index in [0.717, 1.165) is 35.3 Å². The van der Waals surface area contributed by atoms with Gasteiger partial charge in [-0.2, -0.15) is 0 Å². The summed E-state index contributed by atoms with van der Waals surface area (Å²) in [6.07, 6.45) is 2.90. The van der Waals surface area contributed by atoms with Gasteiger partial charge < -0.3 is 9.84 Å². The van der Waals surface area contributed by atoms with Crippen molar-refractivity contribution in [2.24, 2.45) is 0 Å². The van der Waals surface area contributed by atoms with Crippen molar-refractivity contribution in [2.75, 3.05) is 7.11 Å². The number of benzene rings is 1. The van der Waals surface area contributed by atoms with Crippen molar-refractivity contribution in [1.82, 2.24) is 0 Å². The molecule has 3 heteroatoms. The number of carboxylic acid groups (broad SMARTS) is 1. The van der Waals surface area contributed by atoms with Gasteiger partial charge in [0.2, 0.25) is 0 Å². The Kier molecular flexibility index (Phi) is 4.76. The van der Waals surface area contributed by atoms with Gasteiger partial charge in [-0.05, 0) is 30.5 Å². The summed E-state index contributed by atoms with van der Waals surface area (Å²) in [6, 6.07) is 5.72. The number of hydrogen-bond acceptors (Lipinski definition) is 2. The Morgan fingerprint density at radius 1 is 1.47 bits per heavy atom. The van der Waals surface area contributed by atoms with E-state index in [9.17, 15) is 4.79 Å². The maximum atomic E-state index is 10.9. The SMILES string of the molecule is CCC/C(=C\C(=O)O)c1c(C)cccc1OC. The number of ether oxygens (including phenoxy) is 1. The van der Waals surface area contributed by atoms with E-state index in [4.69, 9.17) is 9.84 Å². The van der Waals surface area contributed by atoms with E-state index in [1.54, 1.807) is 7.11 Å². The zero-order valence-corrected chi connectivity index (χ0v) is 10.5. The summed E-state index contributed by atoms with van der Waals surface area (Å²) in [4.78, 5) is 10.9. The lowest BCUT2D eigenvalue weighted by molar-refractivity contribution is -0.131. The van der Waals surface area contributed by atoms with Gasteiger partial charge in [0, 0.05) is 11.6 Å². The lowest BCUT2D eigenvalue weighted by Gasteiger charge is -2.14. The van der Waals surface area contributed by atoms with Gasteiger partial charge in [0.05, 0.1) is 7.11 Å². The van der Waals surface area contributed by atoms with Gasteiger partial charge in [-0.1, -0.05) is 25.5 Å². The first-order valence-electron chi connectivity index (χ1n) is 5.67. The van der Waals surface area contributed by atoms with Crippen molar-refractivity contribution in [2.45, 2.75) is 26.7 Å². The third kappa shape index (κ3) is 3.34. The molecule has 0 aromatic heterocycles. The van der Waals surface area contributed by atoms with Crippen LogP contribution in [0.15, 0.2) is 24.3 Å². The number of rotatable bonds is 5. The summed E-state index contributed by atoms with van der Waals surface area (Å²) in [6.45, 7) is 3.99. The average Bonchev–Trinajstić information content (AvgIpc) is 2.27. The highest BCUT2D eigenvalue weighted by Crippen LogP contribution is 2.31. The fourth-order valence-corrected chi connectivity index (χ4v) is 1.91. The summed E-state index contributed by atoms with van der Waals surface area (Å²) in [5, 5.41) is 8.91. The molecule has 1 aromatic carbocycles. The number of methoxy groups -OCH3 is 1. The fraction of sp³-hybridized carbons (Fsp3) is 0.357. The molecule has 0 radical (unpaired) electrons. The quantitative estimate of drug-likeness (QED) is 0.795. The van der Waals surface area contributed by atoms with Crippen molar-refractivity contribution < 1.29 is 14.6 Å². The standard InChI is InChI=1S/C14H18O3/c1-4-6-11(9-13(15)16)14-10(2)7-5-8-12(14)17-3/h5,7-9H,4,6H2,1-3H3,(H,15,16)/b11-9+. The van der Waals surface area contributed by atoms with E-state index in [-0.39, 0.29) is 0 Å². The van der Waals surface area contributed by atoms with Crippen molar-refractivity contribution in [3.05, 3.63) is 35.4 Å². The molecule has 92 valence electrons. The van der Waals surface area contributed by atoms with E-state index in [1.165, 1.54) is 6.08 Å². The maximum absolute atomic E-state index is 10.9. The molecule has 1 rings (SSSR count).